The molecule has 0 saturated carbocycles. The number of hydrogen-bond donors (Lipinski definition) is 2. The van der Waals surface area contributed by atoms with Crippen LogP contribution in [0.5, 0.6) is 0 Å². The molecule has 2 amide bonds. The number of carbonyl (C=O) groups excluding carboxylic acids is 2. The van der Waals surface area contributed by atoms with Gasteiger partial charge in [0.2, 0.25) is 11.8 Å². The van der Waals surface area contributed by atoms with Gasteiger partial charge >= 0.3 is 0 Å². The molecule has 0 spiro atoms. The second kappa shape index (κ2) is 7.06. The van der Waals surface area contributed by atoms with Gasteiger partial charge in [-0.25, -0.2) is 0 Å². The third-order valence-electron chi connectivity index (χ3n) is 2.39. The molecule has 0 aliphatic heterocycles. The van der Waals surface area contributed by atoms with Crippen molar-refractivity contribution in [2.45, 2.75) is 19.8 Å². The molecule has 0 saturated heterocycles. The summed E-state index contributed by atoms with van der Waals surface area (Å²) in [6.45, 7) is 2.32. The van der Waals surface area contributed by atoms with E-state index in [2.05, 4.69) is 5.32 Å². The summed E-state index contributed by atoms with van der Waals surface area (Å²) >= 11 is 1.67. The zero-order valence-corrected chi connectivity index (χ0v) is 10.6. The zero-order valence-electron chi connectivity index (χ0n) is 9.81. The molecule has 1 aromatic heterocycles. The quantitative estimate of drug-likeness (QED) is 0.764. The van der Waals surface area contributed by atoms with E-state index in [4.69, 9.17) is 5.73 Å². The lowest BCUT2D eigenvalue weighted by Gasteiger charge is -2.07. The van der Waals surface area contributed by atoms with Crippen LogP contribution in [0.2, 0.25) is 0 Å². The second-order valence-electron chi connectivity index (χ2n) is 3.86. The van der Waals surface area contributed by atoms with Gasteiger partial charge in [-0.3, -0.25) is 9.59 Å². The molecule has 1 rings (SSSR count). The van der Waals surface area contributed by atoms with Gasteiger partial charge in [-0.2, -0.15) is 0 Å². The van der Waals surface area contributed by atoms with Gasteiger partial charge in [-0.15, -0.1) is 11.3 Å². The predicted molar refractivity (Wildman–Crippen MR) is 68.3 cm³/mol. The molecule has 4 nitrogen and oxygen atoms in total. The molecule has 17 heavy (non-hydrogen) atoms. The SMILES string of the molecule is C[C@@H](C[CH]C(=O)NCCc1cccs1)C(N)=O. The second-order valence-corrected chi connectivity index (χ2v) is 4.90. The highest BCUT2D eigenvalue weighted by molar-refractivity contribution is 7.09. The monoisotopic (exact) mass is 253 g/mol. The average Bonchev–Trinajstić information content (AvgIpc) is 2.78. The highest BCUT2D eigenvalue weighted by Gasteiger charge is 2.11. The molecule has 0 aliphatic rings. The largest absolute Gasteiger partial charge is 0.369 e. The highest BCUT2D eigenvalue weighted by atomic mass is 32.1. The lowest BCUT2D eigenvalue weighted by atomic mass is 10.1. The van der Waals surface area contributed by atoms with Gasteiger partial charge in [0, 0.05) is 17.3 Å². The number of primary amides is 1. The Balaban J connectivity index is 2.11. The van der Waals surface area contributed by atoms with E-state index in [9.17, 15) is 9.59 Å². The molecule has 3 N–H and O–H groups in total. The van der Waals surface area contributed by atoms with E-state index in [0.29, 0.717) is 13.0 Å². The van der Waals surface area contributed by atoms with Crippen LogP contribution < -0.4 is 11.1 Å². The van der Waals surface area contributed by atoms with Crippen molar-refractivity contribution in [2.75, 3.05) is 6.54 Å². The van der Waals surface area contributed by atoms with Gasteiger partial charge in [0.05, 0.1) is 6.42 Å². The van der Waals surface area contributed by atoms with Crippen molar-refractivity contribution in [1.82, 2.24) is 5.32 Å². The molecular weight excluding hydrogens is 236 g/mol. The van der Waals surface area contributed by atoms with E-state index in [0.717, 1.165) is 6.42 Å². The lowest BCUT2D eigenvalue weighted by molar-refractivity contribution is -0.121. The summed E-state index contributed by atoms with van der Waals surface area (Å²) < 4.78 is 0. The molecule has 0 bridgehead atoms. The number of nitrogens with one attached hydrogen (secondary N) is 1. The van der Waals surface area contributed by atoms with Crippen LogP contribution in [0.15, 0.2) is 17.5 Å². The van der Waals surface area contributed by atoms with Gasteiger partial charge in [0.1, 0.15) is 0 Å². The minimum atomic E-state index is -0.382. The summed E-state index contributed by atoms with van der Waals surface area (Å²) in [5.41, 5.74) is 5.10. The molecular formula is C12H17N2O2S. The normalized spacial score (nSPS) is 12.1. The first-order valence-electron chi connectivity index (χ1n) is 5.52. The molecule has 93 valence electrons. The minimum Gasteiger partial charge on any atom is -0.369 e. The smallest absolute Gasteiger partial charge is 0.223 e. The Morgan fingerprint density at radius 3 is 2.94 bits per heavy atom. The number of rotatable bonds is 7. The van der Waals surface area contributed by atoms with Crippen molar-refractivity contribution in [3.05, 3.63) is 28.8 Å². The number of thiophene rings is 1. The standard InChI is InChI=1S/C12H17N2O2S/c1-9(12(13)16)4-5-11(15)14-7-6-10-3-2-8-17-10/h2-3,5,8-9H,4,6-7H2,1H3,(H2,13,16)(H,14,15)/t9-/m0/s1. The molecule has 5 heteroatoms. The molecule has 0 aromatic carbocycles. The molecule has 1 radical (unpaired) electrons. The van der Waals surface area contributed by atoms with Crippen LogP contribution in [0, 0.1) is 12.3 Å². The maximum atomic E-state index is 11.4. The Bertz CT molecular complexity index is 363. The van der Waals surface area contributed by atoms with Crippen molar-refractivity contribution in [3.63, 3.8) is 0 Å². The summed E-state index contributed by atoms with van der Waals surface area (Å²) in [6, 6.07) is 4.03. The van der Waals surface area contributed by atoms with E-state index >= 15 is 0 Å². The Hall–Kier alpha value is -1.36. The molecule has 1 atom stereocenters. The molecule has 1 aromatic rings. The minimum absolute atomic E-state index is 0.144. The number of amides is 2. The van der Waals surface area contributed by atoms with Gasteiger partial charge in [0.15, 0.2) is 0 Å². The van der Waals surface area contributed by atoms with E-state index in [1.165, 1.54) is 11.3 Å². The van der Waals surface area contributed by atoms with Gasteiger partial charge < -0.3 is 11.1 Å². The van der Waals surface area contributed by atoms with Crippen LogP contribution in [0.3, 0.4) is 0 Å². The summed E-state index contributed by atoms with van der Waals surface area (Å²) in [5.74, 6) is -0.819. The topological polar surface area (TPSA) is 72.2 Å². The number of carbonyl (C=O) groups is 2. The maximum absolute atomic E-state index is 11.4. The van der Waals surface area contributed by atoms with Crippen molar-refractivity contribution in [3.8, 4) is 0 Å². The van der Waals surface area contributed by atoms with Crippen molar-refractivity contribution >= 4 is 23.2 Å². The molecule has 1 heterocycles. The third-order valence-corrected chi connectivity index (χ3v) is 3.33. The first-order chi connectivity index (χ1) is 8.09. The molecule has 0 fully saturated rings. The lowest BCUT2D eigenvalue weighted by Crippen LogP contribution is -2.28. The Morgan fingerprint density at radius 2 is 2.35 bits per heavy atom. The molecule has 0 unspecified atom stereocenters. The zero-order chi connectivity index (χ0) is 12.7. The van der Waals surface area contributed by atoms with Crippen LogP contribution >= 0.6 is 11.3 Å². The predicted octanol–water partition coefficient (Wildman–Crippen LogP) is 1.12. The van der Waals surface area contributed by atoms with Crippen LogP contribution in [0.4, 0.5) is 0 Å². The van der Waals surface area contributed by atoms with Crippen LogP contribution in [0.25, 0.3) is 0 Å². The van der Waals surface area contributed by atoms with Crippen molar-refractivity contribution < 1.29 is 9.59 Å². The van der Waals surface area contributed by atoms with Gasteiger partial charge in [0.25, 0.3) is 0 Å². The van der Waals surface area contributed by atoms with Crippen molar-refractivity contribution in [2.24, 2.45) is 11.7 Å². The van der Waals surface area contributed by atoms with E-state index in [1.807, 2.05) is 17.5 Å². The fourth-order valence-corrected chi connectivity index (χ4v) is 1.94. The van der Waals surface area contributed by atoms with Crippen LogP contribution in [-0.4, -0.2) is 18.4 Å². The molecule has 0 aliphatic carbocycles. The number of nitrogens with two attached hydrogens (primary N) is 1. The highest BCUT2D eigenvalue weighted by Crippen LogP contribution is 2.08. The van der Waals surface area contributed by atoms with Crippen LogP contribution in [0.1, 0.15) is 18.2 Å². The third kappa shape index (κ3) is 5.49. The maximum Gasteiger partial charge on any atom is 0.223 e. The fourth-order valence-electron chi connectivity index (χ4n) is 1.24. The Morgan fingerprint density at radius 1 is 1.59 bits per heavy atom. The Kier molecular flexibility index (Phi) is 5.69. The fraction of sp³-hybridized carbons (Fsp3) is 0.417. The first-order valence-corrected chi connectivity index (χ1v) is 6.40. The van der Waals surface area contributed by atoms with Gasteiger partial charge in [-0.05, 0) is 24.3 Å². The van der Waals surface area contributed by atoms with Gasteiger partial charge in [-0.1, -0.05) is 13.0 Å². The van der Waals surface area contributed by atoms with Crippen molar-refractivity contribution in [1.29, 1.82) is 0 Å². The van der Waals surface area contributed by atoms with E-state index < -0.39 is 0 Å². The van der Waals surface area contributed by atoms with E-state index in [-0.39, 0.29) is 17.7 Å². The number of hydrogen-bond acceptors (Lipinski definition) is 3. The Labute approximate surface area is 105 Å². The summed E-state index contributed by atoms with van der Waals surface area (Å²) in [4.78, 5) is 23.4. The van der Waals surface area contributed by atoms with E-state index in [1.54, 1.807) is 18.3 Å². The first kappa shape index (κ1) is 13.7. The summed E-state index contributed by atoms with van der Waals surface area (Å²) in [5, 5.41) is 4.79. The summed E-state index contributed by atoms with van der Waals surface area (Å²) in [7, 11) is 0. The van der Waals surface area contributed by atoms with Crippen LogP contribution in [-0.2, 0) is 16.0 Å². The average molecular weight is 253 g/mol. The summed E-state index contributed by atoms with van der Waals surface area (Å²) in [6.07, 6.45) is 2.70.